The van der Waals surface area contributed by atoms with Crippen LogP contribution in [0.15, 0.2) is 35.1 Å². The molecule has 2 aromatic carbocycles. The Morgan fingerprint density at radius 2 is 1.88 bits per heavy atom. The maximum Gasteiger partial charge on any atom is 0.259 e. The molecule has 0 spiro atoms. The van der Waals surface area contributed by atoms with Gasteiger partial charge in [0.1, 0.15) is 5.75 Å². The molecule has 8 heteroatoms. The summed E-state index contributed by atoms with van der Waals surface area (Å²) in [5.74, 6) is 1.05. The van der Waals surface area contributed by atoms with E-state index in [1.54, 1.807) is 30.3 Å². The molecule has 0 aliphatic carbocycles. The molecule has 26 heavy (non-hydrogen) atoms. The van der Waals surface area contributed by atoms with Gasteiger partial charge in [0.05, 0.1) is 35.2 Å². The van der Waals surface area contributed by atoms with Crippen molar-refractivity contribution in [2.75, 3.05) is 14.2 Å². The van der Waals surface area contributed by atoms with Gasteiger partial charge in [0.25, 0.3) is 5.56 Å². The normalized spacial score (nSPS) is 11.6. The number of hydrogen-bond donors (Lipinski definition) is 2. The summed E-state index contributed by atoms with van der Waals surface area (Å²) in [6, 6.07) is 7.80. The quantitative estimate of drug-likeness (QED) is 0.699. The number of H-pyrrole nitrogens is 1. The average Bonchev–Trinajstić information content (AvgIpc) is 2.63. The highest BCUT2D eigenvalue weighted by Gasteiger charge is 2.12. The smallest absolute Gasteiger partial charge is 0.259 e. The number of aromatic amines is 1. The zero-order valence-corrected chi connectivity index (χ0v) is 15.4. The lowest BCUT2D eigenvalue weighted by molar-refractivity contribution is 0.355. The summed E-state index contributed by atoms with van der Waals surface area (Å²) in [7, 11) is 2.99. The fourth-order valence-electron chi connectivity index (χ4n) is 2.41. The summed E-state index contributed by atoms with van der Waals surface area (Å²) in [6.45, 7) is 0. The summed E-state index contributed by atoms with van der Waals surface area (Å²) in [6.07, 6.45) is 1.58. The first-order chi connectivity index (χ1) is 12.4. The number of rotatable bonds is 4. The van der Waals surface area contributed by atoms with Crippen molar-refractivity contribution in [2.45, 2.75) is 0 Å². The van der Waals surface area contributed by atoms with Crippen LogP contribution in [0.25, 0.3) is 22.0 Å². The zero-order valence-electron chi connectivity index (χ0n) is 13.8. The number of aromatic hydroxyl groups is 1. The summed E-state index contributed by atoms with van der Waals surface area (Å²) >= 11 is 12.2. The fourth-order valence-corrected chi connectivity index (χ4v) is 2.81. The first-order valence-corrected chi connectivity index (χ1v) is 8.20. The topological polar surface area (TPSA) is 84.4 Å². The second-order valence-corrected chi connectivity index (χ2v) is 6.16. The van der Waals surface area contributed by atoms with Crippen molar-refractivity contribution in [3.05, 3.63) is 57.1 Å². The molecule has 3 aromatic rings. The van der Waals surface area contributed by atoms with Crippen molar-refractivity contribution in [3.8, 4) is 17.2 Å². The summed E-state index contributed by atoms with van der Waals surface area (Å²) in [5, 5.41) is 10.2. The fraction of sp³-hybridized carbons (Fsp3) is 0.111. The number of phenolic OH excluding ortho intramolecular Hbond substituents is 1. The Morgan fingerprint density at radius 1 is 1.19 bits per heavy atom. The van der Waals surface area contributed by atoms with E-state index in [9.17, 15) is 9.90 Å². The molecule has 2 N–H and O–H groups in total. The molecule has 0 unspecified atom stereocenters. The van der Waals surface area contributed by atoms with Gasteiger partial charge < -0.3 is 19.6 Å². The van der Waals surface area contributed by atoms with Crippen LogP contribution < -0.4 is 15.0 Å². The van der Waals surface area contributed by atoms with Gasteiger partial charge in [-0.25, -0.2) is 4.98 Å². The number of halogens is 2. The molecule has 0 atom stereocenters. The van der Waals surface area contributed by atoms with Crippen LogP contribution in [0, 0.1) is 0 Å². The third kappa shape index (κ3) is 3.47. The Labute approximate surface area is 158 Å². The second-order valence-electron chi connectivity index (χ2n) is 5.34. The Hall–Kier alpha value is -2.70. The number of methoxy groups -OCH3 is 2. The molecule has 0 aliphatic heterocycles. The molecule has 0 radical (unpaired) electrons. The van der Waals surface area contributed by atoms with Crippen LogP contribution in [0.5, 0.6) is 17.2 Å². The van der Waals surface area contributed by atoms with E-state index in [0.29, 0.717) is 28.0 Å². The minimum atomic E-state index is -0.360. The van der Waals surface area contributed by atoms with Gasteiger partial charge in [0.2, 0.25) is 0 Å². The van der Waals surface area contributed by atoms with E-state index in [1.807, 2.05) is 0 Å². The highest BCUT2D eigenvalue weighted by Crippen LogP contribution is 2.31. The second kappa shape index (κ2) is 7.27. The van der Waals surface area contributed by atoms with E-state index in [0.717, 1.165) is 0 Å². The molecule has 0 saturated carbocycles. The van der Waals surface area contributed by atoms with Crippen LogP contribution in [0.1, 0.15) is 11.4 Å². The van der Waals surface area contributed by atoms with E-state index in [2.05, 4.69) is 9.97 Å². The molecular weight excluding hydrogens is 379 g/mol. The van der Waals surface area contributed by atoms with Crippen molar-refractivity contribution < 1.29 is 14.6 Å². The standard InChI is InChI=1S/C18H14Cl2N2O4/c1-25-15-7-10-13(8-16(15)26-2)21-17(22-18(10)24)12(20)6-9-3-4-14(23)11(19)5-9/h3-8,23H,1-2H3,(H,21,22,24)/b12-6-. The zero-order chi connectivity index (χ0) is 18.8. The molecule has 0 fully saturated rings. The Bertz CT molecular complexity index is 1080. The van der Waals surface area contributed by atoms with Gasteiger partial charge in [-0.15, -0.1) is 0 Å². The number of aromatic nitrogens is 2. The van der Waals surface area contributed by atoms with Gasteiger partial charge in [-0.2, -0.15) is 0 Å². The Kier molecular flexibility index (Phi) is 5.06. The molecule has 1 heterocycles. The number of fused-ring (bicyclic) bond motifs is 1. The molecule has 3 rings (SSSR count). The lowest BCUT2D eigenvalue weighted by Crippen LogP contribution is -2.11. The number of nitrogens with one attached hydrogen (secondary N) is 1. The van der Waals surface area contributed by atoms with Crippen LogP contribution >= 0.6 is 23.2 Å². The highest BCUT2D eigenvalue weighted by atomic mass is 35.5. The largest absolute Gasteiger partial charge is 0.506 e. The number of nitrogens with zero attached hydrogens (tertiary/aromatic N) is 1. The first kappa shape index (κ1) is 18.1. The third-order valence-electron chi connectivity index (χ3n) is 3.70. The van der Waals surface area contributed by atoms with E-state index in [-0.39, 0.29) is 27.2 Å². The van der Waals surface area contributed by atoms with E-state index < -0.39 is 0 Å². The van der Waals surface area contributed by atoms with Gasteiger partial charge in [-0.3, -0.25) is 4.79 Å². The number of hydrogen-bond acceptors (Lipinski definition) is 5. The van der Waals surface area contributed by atoms with Crippen LogP contribution in [-0.4, -0.2) is 29.3 Å². The van der Waals surface area contributed by atoms with Crippen molar-refractivity contribution in [1.82, 2.24) is 9.97 Å². The van der Waals surface area contributed by atoms with Crippen LogP contribution in [-0.2, 0) is 0 Å². The van der Waals surface area contributed by atoms with Crippen molar-refractivity contribution in [2.24, 2.45) is 0 Å². The molecule has 1 aromatic heterocycles. The molecule has 0 aliphatic rings. The van der Waals surface area contributed by atoms with Crippen molar-refractivity contribution in [1.29, 1.82) is 0 Å². The Morgan fingerprint density at radius 3 is 2.54 bits per heavy atom. The van der Waals surface area contributed by atoms with Gasteiger partial charge in [0, 0.05) is 6.07 Å². The van der Waals surface area contributed by atoms with Gasteiger partial charge in [0.15, 0.2) is 17.3 Å². The predicted octanol–water partition coefficient (Wildman–Crippen LogP) is 4.04. The van der Waals surface area contributed by atoms with Crippen molar-refractivity contribution >= 4 is 45.2 Å². The van der Waals surface area contributed by atoms with Gasteiger partial charge in [-0.05, 0) is 29.8 Å². The molecular formula is C18H14Cl2N2O4. The minimum Gasteiger partial charge on any atom is -0.506 e. The number of benzene rings is 2. The molecule has 0 amide bonds. The lowest BCUT2D eigenvalue weighted by atomic mass is 10.2. The summed E-state index contributed by atoms with van der Waals surface area (Å²) < 4.78 is 10.4. The third-order valence-corrected chi connectivity index (χ3v) is 4.29. The molecule has 0 saturated heterocycles. The van der Waals surface area contributed by atoms with Crippen molar-refractivity contribution in [3.63, 3.8) is 0 Å². The molecule has 134 valence electrons. The minimum absolute atomic E-state index is 0.0294. The van der Waals surface area contributed by atoms with E-state index >= 15 is 0 Å². The van der Waals surface area contributed by atoms with Gasteiger partial charge in [-0.1, -0.05) is 29.3 Å². The van der Waals surface area contributed by atoms with Crippen LogP contribution in [0.2, 0.25) is 5.02 Å². The first-order valence-electron chi connectivity index (χ1n) is 7.45. The average molecular weight is 393 g/mol. The van der Waals surface area contributed by atoms with Crippen LogP contribution in [0.3, 0.4) is 0 Å². The number of phenols is 1. The molecule has 0 bridgehead atoms. The van der Waals surface area contributed by atoms with E-state index in [4.69, 9.17) is 32.7 Å². The predicted molar refractivity (Wildman–Crippen MR) is 102 cm³/mol. The molecule has 6 nitrogen and oxygen atoms in total. The monoisotopic (exact) mass is 392 g/mol. The maximum absolute atomic E-state index is 12.4. The highest BCUT2D eigenvalue weighted by molar-refractivity contribution is 6.50. The van der Waals surface area contributed by atoms with Gasteiger partial charge >= 0.3 is 0 Å². The SMILES string of the molecule is COc1cc2nc(/C(Cl)=C/c3ccc(O)c(Cl)c3)[nH]c(=O)c2cc1OC. The summed E-state index contributed by atoms with van der Waals surface area (Å²) in [4.78, 5) is 19.4. The number of ether oxygens (including phenoxy) is 2. The summed E-state index contributed by atoms with van der Waals surface area (Å²) in [5.41, 5.74) is 0.700. The van der Waals surface area contributed by atoms with E-state index in [1.165, 1.54) is 20.3 Å². The lowest BCUT2D eigenvalue weighted by Gasteiger charge is -2.09. The maximum atomic E-state index is 12.4. The Balaban J connectivity index is 2.11. The van der Waals surface area contributed by atoms with Crippen LogP contribution in [0.4, 0.5) is 0 Å².